The van der Waals surface area contributed by atoms with Gasteiger partial charge in [0.15, 0.2) is 0 Å². The second-order valence-corrected chi connectivity index (χ2v) is 9.52. The molecule has 0 bridgehead atoms. The highest BCUT2D eigenvalue weighted by Crippen LogP contribution is 2.45. The lowest BCUT2D eigenvalue weighted by Gasteiger charge is -2.28. The summed E-state index contributed by atoms with van der Waals surface area (Å²) in [6.45, 7) is 7.15. The molecule has 2 aromatic rings. The minimum absolute atomic E-state index is 0.0589. The fourth-order valence-corrected chi connectivity index (χ4v) is 5.73. The minimum atomic E-state index is -0.588. The highest BCUT2D eigenvalue weighted by molar-refractivity contribution is 5.30. The number of rotatable bonds is 6. The van der Waals surface area contributed by atoms with Gasteiger partial charge in [-0.25, -0.2) is 0 Å². The maximum absolute atomic E-state index is 11.3. The maximum Gasteiger partial charge on any atom is 0.115 e. The van der Waals surface area contributed by atoms with E-state index >= 15 is 0 Å². The molecule has 1 saturated carbocycles. The van der Waals surface area contributed by atoms with Crippen LogP contribution in [-0.2, 0) is 6.42 Å². The molecule has 156 valence electrons. The van der Waals surface area contributed by atoms with Crippen LogP contribution in [-0.4, -0.2) is 52.1 Å². The van der Waals surface area contributed by atoms with Gasteiger partial charge >= 0.3 is 0 Å². The number of fused-ring (bicyclic) bond motifs is 1. The Kier molecular flexibility index (Phi) is 5.69. The fourth-order valence-electron chi connectivity index (χ4n) is 5.73. The zero-order chi connectivity index (χ0) is 20.6. The molecule has 1 aliphatic heterocycles. The molecule has 29 heavy (non-hydrogen) atoms. The van der Waals surface area contributed by atoms with E-state index in [0.717, 1.165) is 44.5 Å². The number of benzene rings is 2. The zero-order valence-electron chi connectivity index (χ0n) is 17.5. The van der Waals surface area contributed by atoms with Crippen molar-refractivity contribution >= 4 is 0 Å². The van der Waals surface area contributed by atoms with Crippen LogP contribution in [0.2, 0.25) is 0 Å². The van der Waals surface area contributed by atoms with Crippen molar-refractivity contribution in [2.45, 2.75) is 44.6 Å². The van der Waals surface area contributed by atoms with Crippen LogP contribution in [0.15, 0.2) is 42.5 Å². The first-order chi connectivity index (χ1) is 13.8. The van der Waals surface area contributed by atoms with Gasteiger partial charge in [-0.1, -0.05) is 41.5 Å². The smallest absolute Gasteiger partial charge is 0.115 e. The zero-order valence-corrected chi connectivity index (χ0v) is 17.5. The largest absolute Gasteiger partial charge is 0.508 e. The molecular weight excluding hydrogens is 362 g/mol. The number of aliphatic hydroxyl groups excluding tert-OH is 1. The number of hydrogen-bond acceptors (Lipinski definition) is 4. The van der Waals surface area contributed by atoms with Crippen LogP contribution in [0.4, 0.5) is 0 Å². The van der Waals surface area contributed by atoms with Crippen molar-refractivity contribution in [3.05, 3.63) is 64.7 Å². The number of phenols is 1. The number of aliphatic hydroxyl groups is 2. The van der Waals surface area contributed by atoms with Gasteiger partial charge in [-0.15, -0.1) is 0 Å². The maximum atomic E-state index is 11.3. The van der Waals surface area contributed by atoms with E-state index in [9.17, 15) is 15.3 Å². The van der Waals surface area contributed by atoms with Crippen molar-refractivity contribution in [3.63, 3.8) is 0 Å². The second-order valence-electron chi connectivity index (χ2n) is 9.52. The summed E-state index contributed by atoms with van der Waals surface area (Å²) in [6, 6.07) is 13.8. The Labute approximate surface area is 173 Å². The van der Waals surface area contributed by atoms with E-state index in [1.165, 1.54) is 16.7 Å². The highest BCUT2D eigenvalue weighted by atomic mass is 16.3. The summed E-state index contributed by atoms with van der Waals surface area (Å²) in [5.41, 5.74) is 4.24. The predicted molar refractivity (Wildman–Crippen MR) is 115 cm³/mol. The number of likely N-dealkylation sites (tertiary alicyclic amines) is 1. The topological polar surface area (TPSA) is 63.9 Å². The van der Waals surface area contributed by atoms with E-state index in [2.05, 4.69) is 36.9 Å². The first-order valence-corrected chi connectivity index (χ1v) is 10.8. The van der Waals surface area contributed by atoms with Gasteiger partial charge in [0.2, 0.25) is 0 Å². The molecule has 0 spiro atoms. The SMILES string of the molecule is Cc1cc(C)cc(CC2(O)C[C@H]3CN(CC(CO)c4ccc(O)cc4)C[C@H]3C2)c1. The third kappa shape index (κ3) is 4.66. The van der Waals surface area contributed by atoms with E-state index in [4.69, 9.17) is 0 Å². The van der Waals surface area contributed by atoms with Crippen LogP contribution in [0.1, 0.15) is 41.0 Å². The van der Waals surface area contributed by atoms with Gasteiger partial charge in [0.05, 0.1) is 12.2 Å². The van der Waals surface area contributed by atoms with Gasteiger partial charge in [-0.2, -0.15) is 0 Å². The highest BCUT2D eigenvalue weighted by Gasteiger charge is 2.48. The molecule has 1 saturated heterocycles. The van der Waals surface area contributed by atoms with Crippen molar-refractivity contribution in [2.24, 2.45) is 11.8 Å². The monoisotopic (exact) mass is 395 g/mol. The van der Waals surface area contributed by atoms with E-state index < -0.39 is 5.60 Å². The Hall–Kier alpha value is -1.88. The molecule has 4 nitrogen and oxygen atoms in total. The molecule has 0 aromatic heterocycles. The summed E-state index contributed by atoms with van der Waals surface area (Å²) in [4.78, 5) is 2.44. The first kappa shape index (κ1) is 20.4. The number of nitrogens with zero attached hydrogens (tertiary/aromatic N) is 1. The van der Waals surface area contributed by atoms with Gasteiger partial charge in [-0.3, -0.25) is 0 Å². The fraction of sp³-hybridized carbons (Fsp3) is 0.520. The van der Waals surface area contributed by atoms with Crippen molar-refractivity contribution in [2.75, 3.05) is 26.2 Å². The summed E-state index contributed by atoms with van der Waals surface area (Å²) in [6.07, 6.45) is 2.48. The lowest BCUT2D eigenvalue weighted by molar-refractivity contribution is 0.0349. The molecule has 2 unspecified atom stereocenters. The lowest BCUT2D eigenvalue weighted by atomic mass is 9.90. The normalized spacial score (nSPS) is 27.9. The number of aryl methyl sites for hydroxylation is 2. The summed E-state index contributed by atoms with van der Waals surface area (Å²) >= 11 is 0. The molecule has 4 heteroatoms. The van der Waals surface area contributed by atoms with E-state index in [-0.39, 0.29) is 18.3 Å². The Morgan fingerprint density at radius 1 is 1.00 bits per heavy atom. The Morgan fingerprint density at radius 2 is 1.59 bits per heavy atom. The summed E-state index contributed by atoms with van der Waals surface area (Å²) < 4.78 is 0. The van der Waals surface area contributed by atoms with E-state index in [1.54, 1.807) is 12.1 Å². The Bertz CT molecular complexity index is 813. The predicted octanol–water partition coefficient (Wildman–Crippen LogP) is 3.40. The molecule has 4 atom stereocenters. The number of hydrogen-bond donors (Lipinski definition) is 3. The second kappa shape index (κ2) is 8.10. The van der Waals surface area contributed by atoms with Crippen molar-refractivity contribution in [3.8, 4) is 5.75 Å². The van der Waals surface area contributed by atoms with Crippen LogP contribution >= 0.6 is 0 Å². The number of phenolic OH excluding ortho intramolecular Hbond substituents is 1. The van der Waals surface area contributed by atoms with Gasteiger partial charge in [0.1, 0.15) is 5.75 Å². The molecular formula is C25H33NO3. The van der Waals surface area contributed by atoms with Crippen molar-refractivity contribution < 1.29 is 15.3 Å². The molecule has 2 fully saturated rings. The van der Waals surface area contributed by atoms with Crippen molar-refractivity contribution in [1.82, 2.24) is 4.90 Å². The van der Waals surface area contributed by atoms with Gasteiger partial charge in [0, 0.05) is 32.0 Å². The quantitative estimate of drug-likeness (QED) is 0.701. The van der Waals surface area contributed by atoms with E-state index in [0.29, 0.717) is 11.8 Å². The first-order valence-electron chi connectivity index (χ1n) is 10.8. The van der Waals surface area contributed by atoms with Crippen molar-refractivity contribution in [1.29, 1.82) is 0 Å². The third-order valence-corrected chi connectivity index (χ3v) is 6.81. The molecule has 1 heterocycles. The average Bonchev–Trinajstić information content (AvgIpc) is 3.13. The summed E-state index contributed by atoms with van der Waals surface area (Å²) in [5, 5.41) is 30.6. The molecule has 0 amide bonds. The van der Waals surface area contributed by atoms with Gasteiger partial charge in [0.25, 0.3) is 0 Å². The molecule has 1 aliphatic carbocycles. The van der Waals surface area contributed by atoms with Crippen LogP contribution in [0.3, 0.4) is 0 Å². The molecule has 2 aliphatic rings. The van der Waals surface area contributed by atoms with Crippen LogP contribution in [0.25, 0.3) is 0 Å². The lowest BCUT2D eigenvalue weighted by Crippen LogP contribution is -2.34. The summed E-state index contributed by atoms with van der Waals surface area (Å²) in [7, 11) is 0. The Balaban J connectivity index is 1.36. The van der Waals surface area contributed by atoms with Crippen LogP contribution in [0, 0.1) is 25.7 Å². The van der Waals surface area contributed by atoms with Crippen LogP contribution < -0.4 is 0 Å². The minimum Gasteiger partial charge on any atom is -0.508 e. The molecule has 2 aromatic carbocycles. The third-order valence-electron chi connectivity index (χ3n) is 6.81. The number of aromatic hydroxyl groups is 1. The molecule has 3 N–H and O–H groups in total. The summed E-state index contributed by atoms with van der Waals surface area (Å²) in [5.74, 6) is 1.38. The average molecular weight is 396 g/mol. The molecule has 0 radical (unpaired) electrons. The Morgan fingerprint density at radius 3 is 2.14 bits per heavy atom. The van der Waals surface area contributed by atoms with Crippen LogP contribution in [0.5, 0.6) is 5.75 Å². The van der Waals surface area contributed by atoms with Gasteiger partial charge in [-0.05, 0) is 61.8 Å². The standard InChI is InChI=1S/C25H33NO3/c1-17-7-18(2)9-19(8-17)10-25(29)11-21-13-26(14-22(21)12-25)15-23(16-27)20-3-5-24(28)6-4-20/h3-9,21-23,27-29H,10-16H2,1-2H3/t21-,22+,23?,25?. The van der Waals surface area contributed by atoms with E-state index in [1.807, 2.05) is 12.1 Å². The van der Waals surface area contributed by atoms with Gasteiger partial charge < -0.3 is 20.2 Å². The molecule has 4 rings (SSSR count).